The van der Waals surface area contributed by atoms with Crippen LogP contribution in [0.25, 0.3) is 10.9 Å². The van der Waals surface area contributed by atoms with Gasteiger partial charge in [-0.25, -0.2) is 4.79 Å². The Hall–Kier alpha value is -1.85. The first-order chi connectivity index (χ1) is 12.6. The summed E-state index contributed by atoms with van der Waals surface area (Å²) in [7, 11) is 1.44. The predicted octanol–water partition coefficient (Wildman–Crippen LogP) is 4.23. The number of hydrogen-bond donors (Lipinski definition) is 0. The number of benzene rings is 1. The van der Waals surface area contributed by atoms with Crippen molar-refractivity contribution in [3.63, 3.8) is 0 Å². The van der Waals surface area contributed by atoms with Gasteiger partial charge >= 0.3 is 5.97 Å². The van der Waals surface area contributed by atoms with E-state index in [0.717, 1.165) is 42.3 Å². The molecule has 4 rings (SSSR count). The molecule has 2 fully saturated rings. The highest BCUT2D eigenvalue weighted by atomic mass is 16.7. The van der Waals surface area contributed by atoms with Gasteiger partial charge in [0.15, 0.2) is 5.79 Å². The van der Waals surface area contributed by atoms with Crippen LogP contribution in [-0.4, -0.2) is 36.6 Å². The van der Waals surface area contributed by atoms with Crippen molar-refractivity contribution in [2.24, 2.45) is 5.92 Å². The van der Waals surface area contributed by atoms with Crippen LogP contribution in [0.2, 0.25) is 0 Å². The van der Waals surface area contributed by atoms with Gasteiger partial charge in [-0.3, -0.25) is 0 Å². The molecule has 140 valence electrons. The maximum atomic E-state index is 12.4. The number of carbonyl (C=O) groups excluding carboxylic acids is 1. The molecule has 26 heavy (non-hydrogen) atoms. The van der Waals surface area contributed by atoms with E-state index < -0.39 is 0 Å². The number of methoxy groups -OCH3 is 1. The summed E-state index contributed by atoms with van der Waals surface area (Å²) in [6, 6.07) is 8.41. The first-order valence-corrected chi connectivity index (χ1v) is 9.52. The Morgan fingerprint density at radius 3 is 2.54 bits per heavy atom. The summed E-state index contributed by atoms with van der Waals surface area (Å²) in [4.78, 5) is 12.4. The fourth-order valence-electron chi connectivity index (χ4n) is 4.83. The summed E-state index contributed by atoms with van der Waals surface area (Å²) in [6.07, 6.45) is 4.04. The van der Waals surface area contributed by atoms with Crippen molar-refractivity contribution in [3.8, 4) is 0 Å². The number of carbonyl (C=O) groups is 1. The van der Waals surface area contributed by atoms with Crippen LogP contribution in [-0.2, 0) is 14.2 Å². The molecule has 0 amide bonds. The predicted molar refractivity (Wildman–Crippen MR) is 99.3 cm³/mol. The van der Waals surface area contributed by atoms with Gasteiger partial charge in [0.05, 0.1) is 25.9 Å². The molecule has 1 saturated heterocycles. The third-order valence-electron chi connectivity index (χ3n) is 6.24. The highest BCUT2D eigenvalue weighted by Gasteiger charge is 2.42. The molecule has 1 aromatic carbocycles. The largest absolute Gasteiger partial charge is 0.465 e. The van der Waals surface area contributed by atoms with E-state index in [1.54, 1.807) is 0 Å². The maximum absolute atomic E-state index is 12.4. The Bertz CT molecular complexity index is 809. The molecule has 0 radical (unpaired) electrons. The summed E-state index contributed by atoms with van der Waals surface area (Å²) in [6.45, 7) is 5.71. The first-order valence-electron chi connectivity index (χ1n) is 9.52. The van der Waals surface area contributed by atoms with Crippen molar-refractivity contribution in [2.75, 3.05) is 20.3 Å². The molecule has 1 atom stereocenters. The average Bonchev–Trinajstić information content (AvgIpc) is 3.23. The van der Waals surface area contributed by atoms with Gasteiger partial charge < -0.3 is 18.8 Å². The first kappa shape index (κ1) is 17.6. The van der Waals surface area contributed by atoms with E-state index in [9.17, 15) is 4.79 Å². The number of fused-ring (bicyclic) bond motifs is 1. The number of nitrogens with zero attached hydrogens (tertiary/aromatic N) is 1. The molecule has 1 saturated carbocycles. The molecule has 0 unspecified atom stereocenters. The molecular weight excluding hydrogens is 330 g/mol. The van der Waals surface area contributed by atoms with Crippen molar-refractivity contribution >= 4 is 16.9 Å². The lowest BCUT2D eigenvalue weighted by molar-refractivity contribution is -0.184. The normalized spacial score (nSPS) is 21.3. The average molecular weight is 357 g/mol. The third-order valence-corrected chi connectivity index (χ3v) is 6.24. The molecule has 5 heteroatoms. The highest BCUT2D eigenvalue weighted by Crippen LogP contribution is 2.43. The van der Waals surface area contributed by atoms with Crippen LogP contribution in [0.1, 0.15) is 54.7 Å². The van der Waals surface area contributed by atoms with Crippen LogP contribution < -0.4 is 0 Å². The number of esters is 1. The van der Waals surface area contributed by atoms with Gasteiger partial charge in [-0.05, 0) is 38.7 Å². The van der Waals surface area contributed by atoms with Gasteiger partial charge in [0.2, 0.25) is 0 Å². The Balaban J connectivity index is 1.66. The molecule has 1 aliphatic heterocycles. The van der Waals surface area contributed by atoms with E-state index in [1.165, 1.54) is 7.11 Å². The quantitative estimate of drug-likeness (QED) is 0.772. The van der Waals surface area contributed by atoms with Gasteiger partial charge in [-0.1, -0.05) is 18.2 Å². The number of ether oxygens (including phenoxy) is 3. The lowest BCUT2D eigenvalue weighted by Gasteiger charge is -2.38. The molecule has 5 nitrogen and oxygen atoms in total. The molecule has 0 N–H and O–H groups in total. The highest BCUT2D eigenvalue weighted by molar-refractivity contribution is 6.05. The summed E-state index contributed by atoms with van der Waals surface area (Å²) in [5.41, 5.74) is 2.77. The van der Waals surface area contributed by atoms with Gasteiger partial charge in [-0.15, -0.1) is 0 Å². The molecular formula is C21H27NO4. The van der Waals surface area contributed by atoms with Crippen molar-refractivity contribution < 1.29 is 19.0 Å². The lowest BCUT2D eigenvalue weighted by atomic mass is 9.81. The van der Waals surface area contributed by atoms with Crippen LogP contribution in [0.5, 0.6) is 0 Å². The van der Waals surface area contributed by atoms with Gasteiger partial charge in [-0.2, -0.15) is 0 Å². The summed E-state index contributed by atoms with van der Waals surface area (Å²) in [5.74, 6) is -0.0605. The number of aromatic nitrogens is 1. The fraction of sp³-hybridized carbons (Fsp3) is 0.571. The minimum Gasteiger partial charge on any atom is -0.465 e. The molecule has 1 spiro atoms. The zero-order valence-electron chi connectivity index (χ0n) is 15.8. The molecule has 2 heterocycles. The Labute approximate surface area is 154 Å². The van der Waals surface area contributed by atoms with Crippen LogP contribution in [0.4, 0.5) is 0 Å². The van der Waals surface area contributed by atoms with E-state index in [-0.39, 0.29) is 11.8 Å². The topological polar surface area (TPSA) is 49.7 Å². The van der Waals surface area contributed by atoms with Gasteiger partial charge in [0, 0.05) is 35.5 Å². The van der Waals surface area contributed by atoms with E-state index in [4.69, 9.17) is 14.2 Å². The SMILES string of the molecule is COC(=O)c1c(C)n([C@H](C)C2CCC3(CC2)OCCO3)c2ccccc12. The standard InChI is InChI=1S/C21H27NO4/c1-14(16-8-10-21(11-9-16)25-12-13-26-21)22-15(2)19(20(23)24-3)17-6-4-5-7-18(17)22/h4-7,14,16H,8-13H2,1-3H3/t14-/m1/s1. The van der Waals surface area contributed by atoms with Crippen molar-refractivity contribution in [2.45, 2.75) is 51.4 Å². The fourth-order valence-corrected chi connectivity index (χ4v) is 4.83. The van der Waals surface area contributed by atoms with Crippen molar-refractivity contribution in [1.29, 1.82) is 0 Å². The second-order valence-electron chi connectivity index (χ2n) is 7.52. The Morgan fingerprint density at radius 1 is 1.23 bits per heavy atom. The van der Waals surface area contributed by atoms with Gasteiger partial charge in [0.1, 0.15) is 0 Å². The summed E-state index contributed by atoms with van der Waals surface area (Å²) >= 11 is 0. The minimum atomic E-state index is -0.332. The number of para-hydroxylation sites is 1. The van der Waals surface area contributed by atoms with E-state index in [2.05, 4.69) is 17.6 Å². The molecule has 1 aromatic heterocycles. The summed E-state index contributed by atoms with van der Waals surface area (Å²) in [5, 5.41) is 0.971. The van der Waals surface area contributed by atoms with Crippen molar-refractivity contribution in [1.82, 2.24) is 4.57 Å². The maximum Gasteiger partial charge on any atom is 0.340 e. The molecule has 2 aromatic rings. The Kier molecular flexibility index (Phi) is 4.53. The molecule has 0 bridgehead atoms. The van der Waals surface area contributed by atoms with Gasteiger partial charge in [0.25, 0.3) is 0 Å². The number of hydrogen-bond acceptors (Lipinski definition) is 4. The van der Waals surface area contributed by atoms with E-state index in [0.29, 0.717) is 30.7 Å². The monoisotopic (exact) mass is 357 g/mol. The molecule has 1 aliphatic carbocycles. The number of rotatable bonds is 3. The van der Waals surface area contributed by atoms with Crippen LogP contribution in [0.15, 0.2) is 24.3 Å². The van der Waals surface area contributed by atoms with Crippen LogP contribution >= 0.6 is 0 Å². The third kappa shape index (κ3) is 2.74. The van der Waals surface area contributed by atoms with E-state index >= 15 is 0 Å². The van der Waals surface area contributed by atoms with E-state index in [1.807, 2.05) is 25.1 Å². The minimum absolute atomic E-state index is 0.264. The Morgan fingerprint density at radius 2 is 1.88 bits per heavy atom. The second kappa shape index (κ2) is 6.71. The second-order valence-corrected chi connectivity index (χ2v) is 7.52. The zero-order chi connectivity index (χ0) is 18.3. The zero-order valence-corrected chi connectivity index (χ0v) is 15.8. The smallest absolute Gasteiger partial charge is 0.340 e. The van der Waals surface area contributed by atoms with Crippen molar-refractivity contribution in [3.05, 3.63) is 35.5 Å². The van der Waals surface area contributed by atoms with Crippen LogP contribution in [0, 0.1) is 12.8 Å². The summed E-state index contributed by atoms with van der Waals surface area (Å²) < 4.78 is 19.1. The molecule has 2 aliphatic rings. The lowest BCUT2D eigenvalue weighted by Crippen LogP contribution is -2.37. The van der Waals surface area contributed by atoms with Crippen LogP contribution in [0.3, 0.4) is 0 Å².